The zero-order chi connectivity index (χ0) is 10.8. The van der Waals surface area contributed by atoms with E-state index in [1.54, 1.807) is 0 Å². The van der Waals surface area contributed by atoms with Crippen LogP contribution in [0.1, 0.15) is 11.7 Å². The SMILES string of the molecule is COc1ccc(C(O)C(F)(F)Cl)cc1. The molecule has 1 unspecified atom stereocenters. The molecule has 0 aromatic heterocycles. The van der Waals surface area contributed by atoms with E-state index >= 15 is 0 Å². The quantitative estimate of drug-likeness (QED) is 0.797. The third kappa shape index (κ3) is 2.56. The molecule has 1 aromatic carbocycles. The minimum Gasteiger partial charge on any atom is -0.497 e. The molecular formula is C9H9ClF2O2. The molecule has 14 heavy (non-hydrogen) atoms. The minimum absolute atomic E-state index is 0.0470. The van der Waals surface area contributed by atoms with Crippen molar-refractivity contribution in [2.24, 2.45) is 0 Å². The molecule has 1 N–H and O–H groups in total. The van der Waals surface area contributed by atoms with E-state index in [2.05, 4.69) is 11.6 Å². The standard InChI is InChI=1S/C9H9ClF2O2/c1-14-7-4-2-6(3-5-7)8(13)9(10,11)12/h2-5,8,13H,1H3. The first kappa shape index (κ1) is 11.2. The second kappa shape index (κ2) is 4.11. The Hall–Kier alpha value is -0.870. The molecule has 0 radical (unpaired) electrons. The summed E-state index contributed by atoms with van der Waals surface area (Å²) in [6, 6.07) is 5.61. The van der Waals surface area contributed by atoms with Crippen molar-refractivity contribution in [3.8, 4) is 5.75 Å². The van der Waals surface area contributed by atoms with Crippen molar-refractivity contribution < 1.29 is 18.6 Å². The van der Waals surface area contributed by atoms with Gasteiger partial charge in [0.2, 0.25) is 0 Å². The van der Waals surface area contributed by atoms with Crippen LogP contribution in [-0.2, 0) is 0 Å². The van der Waals surface area contributed by atoms with Gasteiger partial charge in [-0.25, -0.2) is 0 Å². The Morgan fingerprint density at radius 2 is 1.86 bits per heavy atom. The lowest BCUT2D eigenvalue weighted by Gasteiger charge is -2.16. The van der Waals surface area contributed by atoms with Gasteiger partial charge in [0, 0.05) is 0 Å². The first-order valence-corrected chi connectivity index (χ1v) is 4.21. The molecule has 0 heterocycles. The van der Waals surface area contributed by atoms with Crippen molar-refractivity contribution >= 4 is 11.6 Å². The van der Waals surface area contributed by atoms with Crippen LogP contribution in [0.5, 0.6) is 5.75 Å². The highest BCUT2D eigenvalue weighted by Crippen LogP contribution is 2.35. The van der Waals surface area contributed by atoms with Crippen molar-refractivity contribution in [3.05, 3.63) is 29.8 Å². The number of halogens is 3. The fourth-order valence-electron chi connectivity index (χ4n) is 0.975. The van der Waals surface area contributed by atoms with Crippen LogP contribution in [0.25, 0.3) is 0 Å². The van der Waals surface area contributed by atoms with Crippen LogP contribution in [0.4, 0.5) is 8.78 Å². The Kier molecular flexibility index (Phi) is 3.29. The van der Waals surface area contributed by atoms with Crippen molar-refractivity contribution in [3.63, 3.8) is 0 Å². The zero-order valence-electron chi connectivity index (χ0n) is 7.38. The van der Waals surface area contributed by atoms with Gasteiger partial charge in [0.15, 0.2) is 6.10 Å². The van der Waals surface area contributed by atoms with Crippen LogP contribution in [0, 0.1) is 0 Å². The minimum atomic E-state index is -3.66. The van der Waals surface area contributed by atoms with Gasteiger partial charge in [-0.2, -0.15) is 8.78 Å². The van der Waals surface area contributed by atoms with E-state index in [0.717, 1.165) is 0 Å². The highest BCUT2D eigenvalue weighted by molar-refractivity contribution is 6.22. The third-order valence-corrected chi connectivity index (χ3v) is 1.95. The van der Waals surface area contributed by atoms with Crippen LogP contribution in [0.15, 0.2) is 24.3 Å². The maximum Gasteiger partial charge on any atom is 0.351 e. The van der Waals surface area contributed by atoms with Crippen molar-refractivity contribution in [1.29, 1.82) is 0 Å². The lowest BCUT2D eigenvalue weighted by molar-refractivity contribution is -0.0424. The highest BCUT2D eigenvalue weighted by Gasteiger charge is 2.36. The topological polar surface area (TPSA) is 29.5 Å². The molecule has 0 amide bonds. The van der Waals surface area contributed by atoms with E-state index in [1.165, 1.54) is 31.4 Å². The number of rotatable bonds is 3. The summed E-state index contributed by atoms with van der Waals surface area (Å²) in [5.74, 6) is 0.527. The summed E-state index contributed by atoms with van der Waals surface area (Å²) < 4.78 is 29.8. The number of hydrogen-bond donors (Lipinski definition) is 1. The van der Waals surface area contributed by atoms with E-state index in [-0.39, 0.29) is 5.56 Å². The maximum atomic E-state index is 12.5. The second-order valence-corrected chi connectivity index (χ2v) is 3.22. The summed E-state index contributed by atoms with van der Waals surface area (Å²) in [6.45, 7) is 0. The predicted octanol–water partition coefficient (Wildman–Crippen LogP) is 2.56. The van der Waals surface area contributed by atoms with Crippen LogP contribution in [-0.4, -0.2) is 17.6 Å². The molecule has 0 bridgehead atoms. The molecule has 1 atom stereocenters. The number of aliphatic hydroxyl groups is 1. The molecule has 0 aliphatic rings. The highest BCUT2D eigenvalue weighted by atomic mass is 35.5. The molecule has 2 nitrogen and oxygen atoms in total. The molecule has 0 saturated carbocycles. The average Bonchev–Trinajstić information content (AvgIpc) is 2.15. The van der Waals surface area contributed by atoms with Crippen LogP contribution < -0.4 is 4.74 Å². The molecule has 0 saturated heterocycles. The summed E-state index contributed by atoms with van der Waals surface area (Å²) in [5.41, 5.74) is 0.0470. The third-order valence-electron chi connectivity index (χ3n) is 1.74. The number of alkyl halides is 3. The van der Waals surface area contributed by atoms with Gasteiger partial charge < -0.3 is 9.84 Å². The summed E-state index contributed by atoms with van der Waals surface area (Å²) in [5, 5.41) is 5.44. The van der Waals surface area contributed by atoms with Crippen molar-refractivity contribution in [2.45, 2.75) is 11.5 Å². The molecule has 5 heteroatoms. The van der Waals surface area contributed by atoms with Crippen LogP contribution >= 0.6 is 11.6 Å². The summed E-state index contributed by atoms with van der Waals surface area (Å²) >= 11 is 4.68. The number of methoxy groups -OCH3 is 1. The number of benzene rings is 1. The lowest BCUT2D eigenvalue weighted by atomic mass is 10.1. The lowest BCUT2D eigenvalue weighted by Crippen LogP contribution is -2.18. The van der Waals surface area contributed by atoms with Gasteiger partial charge >= 0.3 is 5.38 Å². The van der Waals surface area contributed by atoms with Gasteiger partial charge in [0.25, 0.3) is 0 Å². The Morgan fingerprint density at radius 1 is 1.36 bits per heavy atom. The smallest absolute Gasteiger partial charge is 0.351 e. The first-order chi connectivity index (χ1) is 6.45. The summed E-state index contributed by atoms with van der Waals surface area (Å²) in [4.78, 5) is 0. The van der Waals surface area contributed by atoms with E-state index in [4.69, 9.17) is 9.84 Å². The van der Waals surface area contributed by atoms with E-state index < -0.39 is 11.5 Å². The second-order valence-electron chi connectivity index (χ2n) is 2.72. The van der Waals surface area contributed by atoms with Crippen molar-refractivity contribution in [1.82, 2.24) is 0 Å². The van der Waals surface area contributed by atoms with E-state index in [1.807, 2.05) is 0 Å². The Labute approximate surface area is 85.1 Å². The fourth-order valence-corrected chi connectivity index (χ4v) is 1.10. The van der Waals surface area contributed by atoms with Gasteiger partial charge in [-0.3, -0.25) is 0 Å². The van der Waals surface area contributed by atoms with E-state index in [9.17, 15) is 8.78 Å². The number of hydrogen-bond acceptors (Lipinski definition) is 2. The zero-order valence-corrected chi connectivity index (χ0v) is 8.13. The Morgan fingerprint density at radius 3 is 2.21 bits per heavy atom. The normalized spacial score (nSPS) is 13.8. The number of aliphatic hydroxyl groups excluding tert-OH is 1. The largest absolute Gasteiger partial charge is 0.497 e. The molecule has 0 aliphatic heterocycles. The van der Waals surface area contributed by atoms with Crippen molar-refractivity contribution in [2.75, 3.05) is 7.11 Å². The average molecular weight is 223 g/mol. The molecule has 78 valence electrons. The van der Waals surface area contributed by atoms with Gasteiger partial charge in [-0.15, -0.1) is 0 Å². The predicted molar refractivity (Wildman–Crippen MR) is 48.8 cm³/mol. The van der Waals surface area contributed by atoms with Gasteiger partial charge in [0.05, 0.1) is 7.11 Å². The molecule has 0 aliphatic carbocycles. The van der Waals surface area contributed by atoms with Gasteiger partial charge in [-0.05, 0) is 29.3 Å². The van der Waals surface area contributed by atoms with Crippen LogP contribution in [0.2, 0.25) is 0 Å². The summed E-state index contributed by atoms with van der Waals surface area (Å²) in [6.07, 6.45) is -2.00. The fraction of sp³-hybridized carbons (Fsp3) is 0.333. The first-order valence-electron chi connectivity index (χ1n) is 3.84. The molecule has 1 aromatic rings. The van der Waals surface area contributed by atoms with E-state index in [0.29, 0.717) is 5.75 Å². The Balaban J connectivity index is 2.87. The molecule has 0 spiro atoms. The van der Waals surface area contributed by atoms with Gasteiger partial charge in [-0.1, -0.05) is 12.1 Å². The molecule has 1 rings (SSSR count). The molecular weight excluding hydrogens is 214 g/mol. The number of ether oxygens (including phenoxy) is 1. The molecule has 0 fully saturated rings. The van der Waals surface area contributed by atoms with Crippen LogP contribution in [0.3, 0.4) is 0 Å². The van der Waals surface area contributed by atoms with Gasteiger partial charge in [0.1, 0.15) is 5.75 Å². The summed E-state index contributed by atoms with van der Waals surface area (Å²) in [7, 11) is 1.46. The maximum absolute atomic E-state index is 12.5. The Bertz CT molecular complexity index is 295. The monoisotopic (exact) mass is 222 g/mol.